The lowest BCUT2D eigenvalue weighted by Gasteiger charge is -2.17. The van der Waals surface area contributed by atoms with Crippen LogP contribution in [0.25, 0.3) is 32.8 Å². The maximum atomic E-state index is 12.6. The maximum Gasteiger partial charge on any atom is 0.326 e. The third-order valence-electron chi connectivity index (χ3n) is 5.53. The molecule has 4 aromatic rings. The summed E-state index contributed by atoms with van der Waals surface area (Å²) in [7, 11) is 0. The number of aliphatic carboxylic acids is 1. The Bertz CT molecular complexity index is 1250. The number of nitrogens with one attached hydrogen (secondary N) is 1. The van der Waals surface area contributed by atoms with Gasteiger partial charge in [0.1, 0.15) is 12.6 Å². The topological polar surface area (TPSA) is 71.3 Å². The lowest BCUT2D eigenvalue weighted by molar-refractivity contribution is -0.142. The summed E-state index contributed by atoms with van der Waals surface area (Å²) in [5, 5.41) is 15.5. The van der Waals surface area contributed by atoms with Crippen molar-refractivity contribution < 1.29 is 14.7 Å². The molecular formula is C26H26N2O3. The average molecular weight is 415 g/mol. The number of benzene rings is 3. The molecule has 5 heteroatoms. The van der Waals surface area contributed by atoms with Crippen LogP contribution < -0.4 is 5.32 Å². The maximum absolute atomic E-state index is 12.6. The largest absolute Gasteiger partial charge is 0.480 e. The van der Waals surface area contributed by atoms with E-state index in [2.05, 4.69) is 53.8 Å². The van der Waals surface area contributed by atoms with Crippen molar-refractivity contribution in [1.29, 1.82) is 0 Å². The van der Waals surface area contributed by atoms with E-state index in [0.717, 1.165) is 22.0 Å². The van der Waals surface area contributed by atoms with E-state index >= 15 is 0 Å². The minimum absolute atomic E-state index is 0.0738. The first-order valence-electron chi connectivity index (χ1n) is 10.5. The fourth-order valence-corrected chi connectivity index (χ4v) is 4.05. The molecule has 0 aliphatic rings. The van der Waals surface area contributed by atoms with Gasteiger partial charge < -0.3 is 15.0 Å². The highest BCUT2D eigenvalue weighted by atomic mass is 16.4. The normalized spacial score (nSPS) is 12.4. The van der Waals surface area contributed by atoms with E-state index in [0.29, 0.717) is 6.42 Å². The second-order valence-corrected chi connectivity index (χ2v) is 8.33. The van der Waals surface area contributed by atoms with E-state index in [4.69, 9.17) is 0 Å². The Balaban J connectivity index is 1.63. The second kappa shape index (κ2) is 8.64. The minimum Gasteiger partial charge on any atom is -0.480 e. The molecule has 0 bridgehead atoms. The standard InChI is InChI=1S/C26H26N2O3/c1-17(2)14-23(26(30)31)27-25(29)16-28-13-12-19-10-11-20(15-24(19)28)22-9-5-7-18-6-3-4-8-21(18)22/h3-13,15,17,23H,14,16H2,1-2H3,(H,27,29)(H,30,31)/t23-/m0/s1. The molecule has 1 aromatic heterocycles. The Morgan fingerprint density at radius 1 is 0.968 bits per heavy atom. The molecule has 1 atom stereocenters. The molecule has 31 heavy (non-hydrogen) atoms. The molecule has 1 heterocycles. The molecule has 1 amide bonds. The number of hydrogen-bond donors (Lipinski definition) is 2. The lowest BCUT2D eigenvalue weighted by atomic mass is 9.98. The summed E-state index contributed by atoms with van der Waals surface area (Å²) < 4.78 is 1.87. The van der Waals surface area contributed by atoms with Crippen molar-refractivity contribution in [3.63, 3.8) is 0 Å². The van der Waals surface area contributed by atoms with Crippen molar-refractivity contribution in [2.45, 2.75) is 32.9 Å². The number of amides is 1. The fraction of sp³-hybridized carbons (Fsp3) is 0.231. The highest BCUT2D eigenvalue weighted by molar-refractivity contribution is 5.98. The van der Waals surface area contributed by atoms with Gasteiger partial charge in [0, 0.05) is 11.7 Å². The summed E-state index contributed by atoms with van der Waals surface area (Å²) in [5.74, 6) is -1.13. The number of carboxylic acids is 1. The quantitative estimate of drug-likeness (QED) is 0.443. The molecule has 0 saturated carbocycles. The number of rotatable bonds is 7. The van der Waals surface area contributed by atoms with Crippen molar-refractivity contribution in [2.75, 3.05) is 0 Å². The Morgan fingerprint density at radius 2 is 1.74 bits per heavy atom. The Hall–Kier alpha value is -3.60. The van der Waals surface area contributed by atoms with Crippen LogP contribution in [0.15, 0.2) is 72.9 Å². The van der Waals surface area contributed by atoms with E-state index in [1.54, 1.807) is 0 Å². The van der Waals surface area contributed by atoms with Crippen LogP contribution in [0, 0.1) is 5.92 Å². The number of carboxylic acid groups (broad SMARTS) is 1. The molecule has 0 radical (unpaired) electrons. The van der Waals surface area contributed by atoms with Crippen LogP contribution in [0.4, 0.5) is 0 Å². The van der Waals surface area contributed by atoms with E-state index in [1.807, 2.05) is 42.8 Å². The number of carbonyl (C=O) groups is 2. The van der Waals surface area contributed by atoms with Gasteiger partial charge in [0.2, 0.25) is 5.91 Å². The van der Waals surface area contributed by atoms with Crippen LogP contribution in [0.2, 0.25) is 0 Å². The number of nitrogens with zero attached hydrogens (tertiary/aromatic N) is 1. The number of fused-ring (bicyclic) bond motifs is 2. The van der Waals surface area contributed by atoms with Crippen LogP contribution in [-0.4, -0.2) is 27.6 Å². The van der Waals surface area contributed by atoms with Crippen molar-refractivity contribution in [3.8, 4) is 11.1 Å². The fourth-order valence-electron chi connectivity index (χ4n) is 4.05. The Kier molecular flexibility index (Phi) is 5.76. The van der Waals surface area contributed by atoms with Crippen LogP contribution in [-0.2, 0) is 16.1 Å². The highest BCUT2D eigenvalue weighted by Crippen LogP contribution is 2.31. The van der Waals surface area contributed by atoms with E-state index in [9.17, 15) is 14.7 Å². The molecule has 2 N–H and O–H groups in total. The van der Waals surface area contributed by atoms with Gasteiger partial charge in [-0.1, -0.05) is 68.4 Å². The lowest BCUT2D eigenvalue weighted by Crippen LogP contribution is -2.43. The molecule has 4 rings (SSSR count). The van der Waals surface area contributed by atoms with E-state index in [1.165, 1.54) is 10.8 Å². The number of carbonyl (C=O) groups excluding carboxylic acids is 1. The van der Waals surface area contributed by atoms with Gasteiger partial charge in [-0.3, -0.25) is 4.79 Å². The second-order valence-electron chi connectivity index (χ2n) is 8.33. The van der Waals surface area contributed by atoms with Crippen molar-refractivity contribution >= 4 is 33.6 Å². The monoisotopic (exact) mass is 414 g/mol. The molecule has 0 unspecified atom stereocenters. The first-order valence-corrected chi connectivity index (χ1v) is 10.5. The Morgan fingerprint density at radius 3 is 2.52 bits per heavy atom. The van der Waals surface area contributed by atoms with Crippen molar-refractivity contribution in [3.05, 3.63) is 72.9 Å². The van der Waals surface area contributed by atoms with Gasteiger partial charge in [0.15, 0.2) is 0 Å². The summed E-state index contributed by atoms with van der Waals surface area (Å²) in [6, 6.07) is 21.9. The SMILES string of the molecule is CC(C)C[C@H](NC(=O)Cn1ccc2ccc(-c3cccc4ccccc34)cc21)C(=O)O. The number of aromatic nitrogens is 1. The Labute approximate surface area is 181 Å². The van der Waals surface area contributed by atoms with Gasteiger partial charge in [-0.15, -0.1) is 0 Å². The molecular weight excluding hydrogens is 388 g/mol. The zero-order valence-electron chi connectivity index (χ0n) is 17.7. The summed E-state index contributed by atoms with van der Waals surface area (Å²) in [6.45, 7) is 3.96. The minimum atomic E-state index is -1.00. The van der Waals surface area contributed by atoms with E-state index in [-0.39, 0.29) is 18.4 Å². The first-order chi connectivity index (χ1) is 14.9. The molecule has 158 valence electrons. The smallest absolute Gasteiger partial charge is 0.326 e. The van der Waals surface area contributed by atoms with Gasteiger partial charge in [0.05, 0.1) is 0 Å². The highest BCUT2D eigenvalue weighted by Gasteiger charge is 2.21. The predicted molar refractivity (Wildman–Crippen MR) is 124 cm³/mol. The first kappa shape index (κ1) is 20.7. The van der Waals surface area contributed by atoms with Crippen LogP contribution in [0.3, 0.4) is 0 Å². The summed E-state index contributed by atoms with van der Waals surface area (Å²) >= 11 is 0. The van der Waals surface area contributed by atoms with Gasteiger partial charge in [-0.2, -0.15) is 0 Å². The van der Waals surface area contributed by atoms with Crippen LogP contribution in [0.1, 0.15) is 20.3 Å². The molecule has 0 saturated heterocycles. The van der Waals surface area contributed by atoms with Gasteiger partial charge in [-0.25, -0.2) is 4.79 Å². The molecule has 0 aliphatic carbocycles. The molecule has 3 aromatic carbocycles. The van der Waals surface area contributed by atoms with Crippen LogP contribution >= 0.6 is 0 Å². The molecule has 0 fully saturated rings. The van der Waals surface area contributed by atoms with Gasteiger partial charge in [-0.05, 0) is 51.8 Å². The zero-order valence-corrected chi connectivity index (χ0v) is 17.7. The average Bonchev–Trinajstić information content (AvgIpc) is 3.14. The number of hydrogen-bond acceptors (Lipinski definition) is 2. The van der Waals surface area contributed by atoms with Gasteiger partial charge in [0.25, 0.3) is 0 Å². The van der Waals surface area contributed by atoms with Crippen molar-refractivity contribution in [1.82, 2.24) is 9.88 Å². The summed E-state index contributed by atoms with van der Waals surface area (Å²) in [6.07, 6.45) is 2.27. The molecule has 0 aliphatic heterocycles. The van der Waals surface area contributed by atoms with Crippen molar-refractivity contribution in [2.24, 2.45) is 5.92 Å². The van der Waals surface area contributed by atoms with Crippen LogP contribution in [0.5, 0.6) is 0 Å². The molecule has 0 spiro atoms. The summed E-state index contributed by atoms with van der Waals surface area (Å²) in [4.78, 5) is 24.1. The van der Waals surface area contributed by atoms with Gasteiger partial charge >= 0.3 is 5.97 Å². The zero-order chi connectivity index (χ0) is 22.0. The molecule has 5 nitrogen and oxygen atoms in total. The predicted octanol–water partition coefficient (Wildman–Crippen LogP) is 5.08. The van der Waals surface area contributed by atoms with E-state index < -0.39 is 12.0 Å². The summed E-state index contributed by atoms with van der Waals surface area (Å²) in [5.41, 5.74) is 3.16. The third-order valence-corrected chi connectivity index (χ3v) is 5.53. The third kappa shape index (κ3) is 4.45.